The Hall–Kier alpha value is -2.37. The lowest BCUT2D eigenvalue weighted by molar-refractivity contribution is 0.214. The number of nitrogens with zero attached hydrogens (tertiary/aromatic N) is 1. The van der Waals surface area contributed by atoms with Gasteiger partial charge in [-0.2, -0.15) is 0 Å². The molecule has 0 aromatic heterocycles. The van der Waals surface area contributed by atoms with Crippen LogP contribution in [0.25, 0.3) is 0 Å². The standard InChI is InChI=1S/C22H25BrN2O2/c1-3-4-15-24-16-5-6-17-27-21-13-9-19(10-14-21)22(25-26-2)18-7-11-20(23)12-8-18/h3,5-14,24H,1,4,15-17H2,2H3. The van der Waals surface area contributed by atoms with Crippen molar-refractivity contribution in [3.63, 3.8) is 0 Å². The number of oxime groups is 1. The SMILES string of the molecule is C=CCCNCC=CCOc1ccc(C(=NOC)c2ccc(Br)cc2)cc1. The predicted molar refractivity (Wildman–Crippen MR) is 116 cm³/mol. The number of rotatable bonds is 11. The summed E-state index contributed by atoms with van der Waals surface area (Å²) >= 11 is 3.45. The molecule has 142 valence electrons. The van der Waals surface area contributed by atoms with E-state index in [-0.39, 0.29) is 0 Å². The third-order valence-electron chi connectivity index (χ3n) is 3.73. The Bertz CT molecular complexity index is 753. The number of benzene rings is 2. The molecule has 0 aliphatic rings. The topological polar surface area (TPSA) is 42.8 Å². The van der Waals surface area contributed by atoms with Crippen LogP contribution in [0.15, 0.2) is 83.0 Å². The van der Waals surface area contributed by atoms with E-state index in [9.17, 15) is 0 Å². The average molecular weight is 429 g/mol. The van der Waals surface area contributed by atoms with E-state index < -0.39 is 0 Å². The smallest absolute Gasteiger partial charge is 0.119 e. The summed E-state index contributed by atoms with van der Waals surface area (Å²) < 4.78 is 6.77. The van der Waals surface area contributed by atoms with Crippen molar-refractivity contribution in [2.75, 3.05) is 26.8 Å². The summed E-state index contributed by atoms with van der Waals surface area (Å²) in [5.74, 6) is 0.815. The fraction of sp³-hybridized carbons (Fsp3) is 0.227. The van der Waals surface area contributed by atoms with Crippen molar-refractivity contribution < 1.29 is 9.57 Å². The van der Waals surface area contributed by atoms with Gasteiger partial charge in [0.1, 0.15) is 25.2 Å². The highest BCUT2D eigenvalue weighted by molar-refractivity contribution is 9.10. The first-order valence-electron chi connectivity index (χ1n) is 8.81. The van der Waals surface area contributed by atoms with Crippen molar-refractivity contribution in [1.82, 2.24) is 5.32 Å². The highest BCUT2D eigenvalue weighted by Gasteiger charge is 2.08. The molecular formula is C22H25BrN2O2. The van der Waals surface area contributed by atoms with Gasteiger partial charge in [0, 0.05) is 22.1 Å². The van der Waals surface area contributed by atoms with Gasteiger partial charge in [0.25, 0.3) is 0 Å². The number of hydrogen-bond donors (Lipinski definition) is 1. The zero-order valence-electron chi connectivity index (χ0n) is 15.5. The quantitative estimate of drug-likeness (QED) is 0.238. The lowest BCUT2D eigenvalue weighted by Gasteiger charge is -2.08. The maximum atomic E-state index is 5.74. The first-order chi connectivity index (χ1) is 13.2. The Morgan fingerprint density at radius 3 is 2.37 bits per heavy atom. The molecule has 0 unspecified atom stereocenters. The van der Waals surface area contributed by atoms with Crippen LogP contribution >= 0.6 is 15.9 Å². The molecule has 2 rings (SSSR count). The molecular weight excluding hydrogens is 404 g/mol. The summed E-state index contributed by atoms with van der Waals surface area (Å²) in [6.07, 6.45) is 6.96. The van der Waals surface area contributed by atoms with Gasteiger partial charge in [-0.3, -0.25) is 0 Å². The van der Waals surface area contributed by atoms with E-state index in [1.54, 1.807) is 7.11 Å². The molecule has 0 spiro atoms. The second-order valence-corrected chi connectivity index (χ2v) is 6.63. The maximum Gasteiger partial charge on any atom is 0.119 e. The normalized spacial score (nSPS) is 11.6. The molecule has 0 atom stereocenters. The first kappa shape index (κ1) is 20.9. The first-order valence-corrected chi connectivity index (χ1v) is 9.61. The molecule has 5 heteroatoms. The van der Waals surface area contributed by atoms with Crippen LogP contribution in [0.3, 0.4) is 0 Å². The van der Waals surface area contributed by atoms with E-state index >= 15 is 0 Å². The number of nitrogens with one attached hydrogen (secondary N) is 1. The summed E-state index contributed by atoms with van der Waals surface area (Å²) in [7, 11) is 1.55. The van der Waals surface area contributed by atoms with E-state index in [4.69, 9.17) is 9.57 Å². The van der Waals surface area contributed by atoms with E-state index in [1.165, 1.54) is 0 Å². The molecule has 2 aromatic rings. The summed E-state index contributed by atoms with van der Waals surface area (Å²) in [4.78, 5) is 5.02. The lowest BCUT2D eigenvalue weighted by atomic mass is 10.0. The summed E-state index contributed by atoms with van der Waals surface area (Å²) in [5, 5.41) is 7.47. The third-order valence-corrected chi connectivity index (χ3v) is 4.26. The fourth-order valence-corrected chi connectivity index (χ4v) is 2.63. The Morgan fingerprint density at radius 2 is 1.74 bits per heavy atom. The molecule has 0 amide bonds. The lowest BCUT2D eigenvalue weighted by Crippen LogP contribution is -2.14. The van der Waals surface area contributed by atoms with Gasteiger partial charge in [-0.05, 0) is 49.4 Å². The second kappa shape index (κ2) is 12.1. The number of ether oxygens (including phenoxy) is 1. The molecule has 0 aliphatic heterocycles. The molecule has 4 nitrogen and oxygen atoms in total. The predicted octanol–water partition coefficient (Wildman–Crippen LogP) is 4.95. The van der Waals surface area contributed by atoms with Crippen molar-refractivity contribution in [1.29, 1.82) is 0 Å². The van der Waals surface area contributed by atoms with Crippen molar-refractivity contribution in [3.05, 3.63) is 88.9 Å². The van der Waals surface area contributed by atoms with Gasteiger partial charge >= 0.3 is 0 Å². The van der Waals surface area contributed by atoms with Crippen LogP contribution in [0, 0.1) is 0 Å². The highest BCUT2D eigenvalue weighted by Crippen LogP contribution is 2.18. The van der Waals surface area contributed by atoms with Gasteiger partial charge < -0.3 is 14.9 Å². The van der Waals surface area contributed by atoms with Crippen LogP contribution in [0.5, 0.6) is 5.75 Å². The molecule has 0 aliphatic carbocycles. The molecule has 0 saturated carbocycles. The minimum absolute atomic E-state index is 0.536. The minimum Gasteiger partial charge on any atom is -0.490 e. The minimum atomic E-state index is 0.536. The van der Waals surface area contributed by atoms with Crippen LogP contribution in [0.2, 0.25) is 0 Å². The van der Waals surface area contributed by atoms with E-state index in [0.29, 0.717) is 6.61 Å². The monoisotopic (exact) mass is 428 g/mol. The van der Waals surface area contributed by atoms with Gasteiger partial charge in [0.2, 0.25) is 0 Å². The Kier molecular flexibility index (Phi) is 9.38. The van der Waals surface area contributed by atoms with Crippen LogP contribution in [-0.4, -0.2) is 32.5 Å². The van der Waals surface area contributed by atoms with Crippen LogP contribution < -0.4 is 10.1 Å². The number of halogens is 1. The zero-order chi connectivity index (χ0) is 19.3. The van der Waals surface area contributed by atoms with Crippen molar-refractivity contribution in [2.24, 2.45) is 5.16 Å². The van der Waals surface area contributed by atoms with Crippen LogP contribution in [0.1, 0.15) is 17.5 Å². The molecule has 0 bridgehead atoms. The van der Waals surface area contributed by atoms with Crippen LogP contribution in [-0.2, 0) is 4.84 Å². The Balaban J connectivity index is 1.91. The zero-order valence-corrected chi connectivity index (χ0v) is 17.1. The maximum absolute atomic E-state index is 5.74. The average Bonchev–Trinajstić information content (AvgIpc) is 2.70. The van der Waals surface area contributed by atoms with Gasteiger partial charge in [-0.25, -0.2) is 0 Å². The van der Waals surface area contributed by atoms with Crippen molar-refractivity contribution in [3.8, 4) is 5.75 Å². The third kappa shape index (κ3) is 7.41. The highest BCUT2D eigenvalue weighted by atomic mass is 79.9. The van der Waals surface area contributed by atoms with Crippen molar-refractivity contribution in [2.45, 2.75) is 6.42 Å². The molecule has 0 radical (unpaired) electrons. The van der Waals surface area contributed by atoms with Gasteiger partial charge in [-0.15, -0.1) is 6.58 Å². The molecule has 0 heterocycles. The fourth-order valence-electron chi connectivity index (χ4n) is 2.37. The summed E-state index contributed by atoms with van der Waals surface area (Å²) in [6, 6.07) is 15.8. The molecule has 1 N–H and O–H groups in total. The van der Waals surface area contributed by atoms with E-state index in [1.807, 2.05) is 60.7 Å². The molecule has 0 fully saturated rings. The summed E-state index contributed by atoms with van der Waals surface area (Å²) in [5.41, 5.74) is 2.73. The summed E-state index contributed by atoms with van der Waals surface area (Å²) in [6.45, 7) is 6.01. The largest absolute Gasteiger partial charge is 0.490 e. The number of hydrogen-bond acceptors (Lipinski definition) is 4. The van der Waals surface area contributed by atoms with E-state index in [2.05, 4.69) is 39.1 Å². The Labute approximate surface area is 169 Å². The van der Waals surface area contributed by atoms with Gasteiger partial charge in [0.05, 0.1) is 0 Å². The second-order valence-electron chi connectivity index (χ2n) is 5.72. The van der Waals surface area contributed by atoms with E-state index in [0.717, 1.165) is 46.6 Å². The molecule has 27 heavy (non-hydrogen) atoms. The van der Waals surface area contributed by atoms with Gasteiger partial charge in [0.15, 0.2) is 0 Å². The van der Waals surface area contributed by atoms with Crippen molar-refractivity contribution >= 4 is 21.6 Å². The molecule has 0 saturated heterocycles. The molecule has 2 aromatic carbocycles. The van der Waals surface area contributed by atoms with Crippen LogP contribution in [0.4, 0.5) is 0 Å². The Morgan fingerprint density at radius 1 is 1.07 bits per heavy atom. The van der Waals surface area contributed by atoms with Gasteiger partial charge in [-0.1, -0.05) is 51.4 Å².